The first kappa shape index (κ1) is 22.2. The zero-order valence-electron chi connectivity index (χ0n) is 18.6. The molecular formula is C24H29N5O2S. The lowest BCUT2D eigenvalue weighted by molar-refractivity contribution is -0.132. The monoisotopic (exact) mass is 451 g/mol. The highest BCUT2D eigenvalue weighted by Crippen LogP contribution is 2.28. The van der Waals surface area contributed by atoms with E-state index >= 15 is 0 Å². The standard InChI is InChI=1S/C24H29N5O2S/c1-3-18-8-4-7-17(2)22(18)27-20(30)10-11-21(31)28-13-6-14-29(16-15-28)24-26-19-9-5-12-25-23(19)32-24/h4-5,7-9,12H,3,6,10-11,13-16H2,1-2H3,(H,27,30). The molecule has 2 aromatic heterocycles. The minimum absolute atomic E-state index is 0.0356. The number of thiazole rings is 1. The number of amides is 2. The van der Waals surface area contributed by atoms with Gasteiger partial charge >= 0.3 is 0 Å². The average Bonchev–Trinajstić information content (AvgIpc) is 3.08. The van der Waals surface area contributed by atoms with Crippen molar-refractivity contribution >= 4 is 44.3 Å². The van der Waals surface area contributed by atoms with E-state index in [2.05, 4.69) is 22.1 Å². The Morgan fingerprint density at radius 2 is 1.97 bits per heavy atom. The number of aromatic nitrogens is 2. The largest absolute Gasteiger partial charge is 0.346 e. The molecule has 0 bridgehead atoms. The van der Waals surface area contributed by atoms with Crippen molar-refractivity contribution in [2.75, 3.05) is 36.4 Å². The second-order valence-electron chi connectivity index (χ2n) is 8.06. The summed E-state index contributed by atoms with van der Waals surface area (Å²) in [6, 6.07) is 9.89. The van der Waals surface area contributed by atoms with E-state index in [0.29, 0.717) is 13.1 Å². The van der Waals surface area contributed by atoms with E-state index in [9.17, 15) is 9.59 Å². The summed E-state index contributed by atoms with van der Waals surface area (Å²) in [4.78, 5) is 39.4. The molecule has 3 aromatic rings. The minimum Gasteiger partial charge on any atom is -0.346 e. The number of nitrogens with zero attached hydrogens (tertiary/aromatic N) is 4. The number of rotatable bonds is 6. The van der Waals surface area contributed by atoms with E-state index in [4.69, 9.17) is 4.98 Å². The molecule has 7 nitrogen and oxygen atoms in total. The topological polar surface area (TPSA) is 78.4 Å². The first-order valence-corrected chi connectivity index (χ1v) is 12.0. The highest BCUT2D eigenvalue weighted by Gasteiger charge is 2.22. The first-order valence-electron chi connectivity index (χ1n) is 11.2. The molecule has 8 heteroatoms. The third-order valence-electron chi connectivity index (χ3n) is 5.84. The number of anilines is 2. The molecular weight excluding hydrogens is 422 g/mol. The number of hydrogen-bond acceptors (Lipinski definition) is 6. The molecule has 0 aliphatic carbocycles. The highest BCUT2D eigenvalue weighted by molar-refractivity contribution is 7.21. The van der Waals surface area contributed by atoms with Crippen LogP contribution in [0.3, 0.4) is 0 Å². The molecule has 4 rings (SSSR count). The maximum atomic E-state index is 12.8. The van der Waals surface area contributed by atoms with Gasteiger partial charge < -0.3 is 15.1 Å². The van der Waals surface area contributed by atoms with E-state index < -0.39 is 0 Å². The van der Waals surface area contributed by atoms with Gasteiger partial charge in [-0.25, -0.2) is 9.97 Å². The van der Waals surface area contributed by atoms with Gasteiger partial charge in [-0.3, -0.25) is 9.59 Å². The Labute approximate surface area is 192 Å². The van der Waals surface area contributed by atoms with Crippen LogP contribution in [0.1, 0.15) is 37.3 Å². The van der Waals surface area contributed by atoms with Crippen LogP contribution in [0.5, 0.6) is 0 Å². The van der Waals surface area contributed by atoms with Crippen molar-refractivity contribution in [2.24, 2.45) is 0 Å². The fourth-order valence-corrected chi connectivity index (χ4v) is 4.99. The van der Waals surface area contributed by atoms with E-state index in [1.165, 1.54) is 0 Å². The third kappa shape index (κ3) is 5.07. The predicted octanol–water partition coefficient (Wildman–Crippen LogP) is 4.02. The van der Waals surface area contributed by atoms with Crippen molar-refractivity contribution in [1.29, 1.82) is 0 Å². The molecule has 0 unspecified atom stereocenters. The number of aryl methyl sites for hydroxylation is 2. The van der Waals surface area contributed by atoms with Crippen molar-refractivity contribution < 1.29 is 9.59 Å². The Bertz CT molecular complexity index is 1080. The number of para-hydroxylation sites is 1. The smallest absolute Gasteiger partial charge is 0.224 e. The van der Waals surface area contributed by atoms with Gasteiger partial charge in [0.15, 0.2) is 5.13 Å². The lowest BCUT2D eigenvalue weighted by atomic mass is 10.1. The van der Waals surface area contributed by atoms with Crippen LogP contribution in [-0.4, -0.2) is 52.9 Å². The summed E-state index contributed by atoms with van der Waals surface area (Å²) in [5.74, 6) is -0.0748. The van der Waals surface area contributed by atoms with Crippen LogP contribution in [0.4, 0.5) is 10.8 Å². The average molecular weight is 452 g/mol. The third-order valence-corrected chi connectivity index (χ3v) is 6.88. The lowest BCUT2D eigenvalue weighted by Gasteiger charge is -2.21. The quantitative estimate of drug-likeness (QED) is 0.612. The summed E-state index contributed by atoms with van der Waals surface area (Å²) < 4.78 is 0. The van der Waals surface area contributed by atoms with E-state index in [-0.39, 0.29) is 24.7 Å². The molecule has 168 valence electrons. The zero-order valence-corrected chi connectivity index (χ0v) is 19.5. The molecule has 0 saturated carbocycles. The fraction of sp³-hybridized carbons (Fsp3) is 0.417. The molecule has 0 atom stereocenters. The van der Waals surface area contributed by atoms with Crippen LogP contribution in [0.25, 0.3) is 10.3 Å². The Hall–Kier alpha value is -3.00. The summed E-state index contributed by atoms with van der Waals surface area (Å²) in [6.45, 7) is 7.00. The summed E-state index contributed by atoms with van der Waals surface area (Å²) in [6.07, 6.45) is 3.94. The van der Waals surface area contributed by atoms with Crippen molar-refractivity contribution in [3.63, 3.8) is 0 Å². The first-order chi connectivity index (χ1) is 15.5. The molecule has 1 aromatic carbocycles. The Morgan fingerprint density at radius 3 is 2.78 bits per heavy atom. The van der Waals surface area contributed by atoms with Crippen molar-refractivity contribution in [1.82, 2.24) is 14.9 Å². The maximum Gasteiger partial charge on any atom is 0.224 e. The van der Waals surface area contributed by atoms with E-state index in [1.54, 1.807) is 17.5 Å². The molecule has 0 radical (unpaired) electrons. The number of carbonyl (C=O) groups excluding carboxylic acids is 2. The Kier molecular flexibility index (Phi) is 6.99. The number of carbonyl (C=O) groups is 2. The number of fused-ring (bicyclic) bond motifs is 1. The fourth-order valence-electron chi connectivity index (χ4n) is 4.03. The molecule has 0 spiro atoms. The van der Waals surface area contributed by atoms with Crippen molar-refractivity contribution in [3.8, 4) is 0 Å². The summed E-state index contributed by atoms with van der Waals surface area (Å²) >= 11 is 1.59. The van der Waals surface area contributed by atoms with Crippen LogP contribution in [0, 0.1) is 6.92 Å². The predicted molar refractivity (Wildman–Crippen MR) is 129 cm³/mol. The number of hydrogen-bond donors (Lipinski definition) is 1. The molecule has 1 aliphatic rings. The number of benzene rings is 1. The SMILES string of the molecule is CCc1cccc(C)c1NC(=O)CCC(=O)N1CCCN(c2nc3cccnc3s2)CC1. The van der Waals surface area contributed by atoms with Gasteiger partial charge in [0.05, 0.1) is 0 Å². The van der Waals surface area contributed by atoms with Gasteiger partial charge in [0.2, 0.25) is 11.8 Å². The van der Waals surface area contributed by atoms with Crippen LogP contribution < -0.4 is 10.2 Å². The van der Waals surface area contributed by atoms with Crippen LogP contribution in [0.15, 0.2) is 36.5 Å². The van der Waals surface area contributed by atoms with Gasteiger partial charge in [0.25, 0.3) is 0 Å². The van der Waals surface area contributed by atoms with Gasteiger partial charge in [-0.1, -0.05) is 36.5 Å². The lowest BCUT2D eigenvalue weighted by Crippen LogP contribution is -2.35. The molecule has 32 heavy (non-hydrogen) atoms. The normalized spacial score (nSPS) is 14.4. The second-order valence-corrected chi connectivity index (χ2v) is 9.01. The number of pyridine rings is 1. The van der Waals surface area contributed by atoms with Crippen LogP contribution in [0.2, 0.25) is 0 Å². The summed E-state index contributed by atoms with van der Waals surface area (Å²) in [5.41, 5.74) is 3.95. The van der Waals surface area contributed by atoms with E-state index in [1.807, 2.05) is 42.2 Å². The maximum absolute atomic E-state index is 12.8. The van der Waals surface area contributed by atoms with Gasteiger partial charge in [-0.2, -0.15) is 0 Å². The molecule has 2 amide bonds. The highest BCUT2D eigenvalue weighted by atomic mass is 32.1. The zero-order chi connectivity index (χ0) is 22.5. The van der Waals surface area contributed by atoms with Gasteiger partial charge in [-0.05, 0) is 43.0 Å². The molecule has 1 N–H and O–H groups in total. The molecule has 3 heterocycles. The van der Waals surface area contributed by atoms with Crippen molar-refractivity contribution in [2.45, 2.75) is 39.5 Å². The van der Waals surface area contributed by atoms with Crippen LogP contribution >= 0.6 is 11.3 Å². The van der Waals surface area contributed by atoms with Crippen LogP contribution in [-0.2, 0) is 16.0 Å². The molecule has 1 fully saturated rings. The molecule has 1 aliphatic heterocycles. The minimum atomic E-state index is -0.110. The second kappa shape index (κ2) is 10.1. The number of nitrogens with one attached hydrogen (secondary N) is 1. The Morgan fingerprint density at radius 1 is 1.09 bits per heavy atom. The van der Waals surface area contributed by atoms with Crippen molar-refractivity contribution in [3.05, 3.63) is 47.7 Å². The van der Waals surface area contributed by atoms with Gasteiger partial charge in [-0.15, -0.1) is 0 Å². The molecule has 1 saturated heterocycles. The van der Waals surface area contributed by atoms with Gasteiger partial charge in [0.1, 0.15) is 10.3 Å². The van der Waals surface area contributed by atoms with E-state index in [0.717, 1.165) is 58.2 Å². The summed E-state index contributed by atoms with van der Waals surface area (Å²) in [5, 5.41) is 3.97. The van der Waals surface area contributed by atoms with Gasteiger partial charge in [0, 0.05) is 50.9 Å². The summed E-state index contributed by atoms with van der Waals surface area (Å²) in [7, 11) is 0. The Balaban J connectivity index is 1.30.